The van der Waals surface area contributed by atoms with Gasteiger partial charge in [-0.1, -0.05) is 17.7 Å². The maximum absolute atomic E-state index is 12.3. The summed E-state index contributed by atoms with van der Waals surface area (Å²) in [5.41, 5.74) is 1.54. The van der Waals surface area contributed by atoms with Crippen LogP contribution < -0.4 is 10.6 Å². The Kier molecular flexibility index (Phi) is 4.91. The maximum Gasteiger partial charge on any atom is 0.275 e. The van der Waals surface area contributed by atoms with Gasteiger partial charge in [-0.3, -0.25) is 4.79 Å². The van der Waals surface area contributed by atoms with E-state index in [9.17, 15) is 13.2 Å². The highest BCUT2D eigenvalue weighted by molar-refractivity contribution is 7.91. The topological polar surface area (TPSA) is 101 Å². The first-order valence-electron chi connectivity index (χ1n) is 7.69. The molecule has 2 heterocycles. The van der Waals surface area contributed by atoms with E-state index in [4.69, 9.17) is 11.6 Å². The molecule has 9 heteroatoms. The van der Waals surface area contributed by atoms with E-state index in [-0.39, 0.29) is 23.2 Å². The van der Waals surface area contributed by atoms with Gasteiger partial charge in [0.1, 0.15) is 11.5 Å². The zero-order chi connectivity index (χ0) is 18.0. The van der Waals surface area contributed by atoms with Gasteiger partial charge in [0.25, 0.3) is 5.91 Å². The van der Waals surface area contributed by atoms with Crippen LogP contribution >= 0.6 is 11.6 Å². The Morgan fingerprint density at radius 1 is 1.28 bits per heavy atom. The molecule has 2 aromatic rings. The summed E-state index contributed by atoms with van der Waals surface area (Å²) >= 11 is 6.03. The van der Waals surface area contributed by atoms with Gasteiger partial charge in [0, 0.05) is 16.8 Å². The highest BCUT2D eigenvalue weighted by Gasteiger charge is 2.28. The third-order valence-corrected chi connectivity index (χ3v) is 6.16. The molecule has 1 aliphatic heterocycles. The number of nitrogens with one attached hydrogen (secondary N) is 2. The number of carbonyl (C=O) groups is 1. The second-order valence-electron chi connectivity index (χ2n) is 5.90. The number of benzene rings is 1. The van der Waals surface area contributed by atoms with Crippen molar-refractivity contribution in [3.05, 3.63) is 46.9 Å². The summed E-state index contributed by atoms with van der Waals surface area (Å²) in [4.78, 5) is 20.5. The van der Waals surface area contributed by atoms with Gasteiger partial charge in [0.2, 0.25) is 0 Å². The number of rotatable bonds is 4. The minimum Gasteiger partial charge on any atom is -0.365 e. The number of halogens is 1. The Morgan fingerprint density at radius 3 is 2.72 bits per heavy atom. The predicted octanol–water partition coefficient (Wildman–Crippen LogP) is 2.29. The van der Waals surface area contributed by atoms with Crippen molar-refractivity contribution >= 4 is 38.9 Å². The standard InChI is InChI=1S/C16H17ClN4O3S/c1-10-12(17)3-2-4-13(10)21-16(22)14-7-19-15(8-18-14)20-11-5-6-25(23,24)9-11/h2-4,7-8,11H,5-6,9H2,1H3,(H,19,20)(H,21,22). The van der Waals surface area contributed by atoms with Crippen LogP contribution in [0, 0.1) is 6.92 Å². The SMILES string of the molecule is Cc1c(Cl)cccc1NC(=O)c1cnc(NC2CCS(=O)(=O)C2)cn1. The van der Waals surface area contributed by atoms with Crippen molar-refractivity contribution in [2.24, 2.45) is 0 Å². The number of sulfone groups is 1. The molecule has 1 unspecified atom stereocenters. The lowest BCUT2D eigenvalue weighted by atomic mass is 10.2. The molecule has 1 saturated heterocycles. The summed E-state index contributed by atoms with van der Waals surface area (Å²) in [6.45, 7) is 1.81. The fourth-order valence-electron chi connectivity index (χ4n) is 2.57. The van der Waals surface area contributed by atoms with Gasteiger partial charge < -0.3 is 10.6 Å². The Bertz CT molecular complexity index is 900. The van der Waals surface area contributed by atoms with Crippen molar-refractivity contribution in [2.45, 2.75) is 19.4 Å². The minimum atomic E-state index is -2.96. The molecule has 3 rings (SSSR count). The number of hydrogen-bond acceptors (Lipinski definition) is 6. The molecule has 1 aromatic heterocycles. The van der Waals surface area contributed by atoms with Gasteiger partial charge >= 0.3 is 0 Å². The van der Waals surface area contributed by atoms with Crippen molar-refractivity contribution in [3.63, 3.8) is 0 Å². The number of hydrogen-bond donors (Lipinski definition) is 2. The van der Waals surface area contributed by atoms with Crippen molar-refractivity contribution in [1.82, 2.24) is 9.97 Å². The molecule has 1 aliphatic rings. The lowest BCUT2D eigenvalue weighted by Gasteiger charge is -2.12. The fourth-order valence-corrected chi connectivity index (χ4v) is 4.41. The van der Waals surface area contributed by atoms with Crippen LogP contribution in [0.4, 0.5) is 11.5 Å². The van der Waals surface area contributed by atoms with Crippen molar-refractivity contribution < 1.29 is 13.2 Å². The van der Waals surface area contributed by atoms with Gasteiger partial charge in [0.15, 0.2) is 9.84 Å². The summed E-state index contributed by atoms with van der Waals surface area (Å²) in [5, 5.41) is 6.34. The van der Waals surface area contributed by atoms with Gasteiger partial charge in [-0.25, -0.2) is 18.4 Å². The number of nitrogens with zero attached hydrogens (tertiary/aromatic N) is 2. The Labute approximate surface area is 150 Å². The summed E-state index contributed by atoms with van der Waals surface area (Å²) < 4.78 is 22.9. The van der Waals surface area contributed by atoms with E-state index in [1.165, 1.54) is 12.4 Å². The van der Waals surface area contributed by atoms with E-state index in [0.29, 0.717) is 22.9 Å². The highest BCUT2D eigenvalue weighted by atomic mass is 35.5. The Balaban J connectivity index is 1.65. The Morgan fingerprint density at radius 2 is 2.08 bits per heavy atom. The molecule has 0 bridgehead atoms. The monoisotopic (exact) mass is 380 g/mol. The largest absolute Gasteiger partial charge is 0.365 e. The van der Waals surface area contributed by atoms with Crippen LogP contribution in [0.5, 0.6) is 0 Å². The van der Waals surface area contributed by atoms with Crippen molar-refractivity contribution in [2.75, 3.05) is 22.1 Å². The quantitative estimate of drug-likeness (QED) is 0.843. The molecule has 1 amide bonds. The summed E-state index contributed by atoms with van der Waals surface area (Å²) in [7, 11) is -2.96. The van der Waals surface area contributed by atoms with Crippen LogP contribution in [-0.2, 0) is 9.84 Å². The molecule has 7 nitrogen and oxygen atoms in total. The van der Waals surface area contributed by atoms with Crippen LogP contribution in [0.3, 0.4) is 0 Å². The van der Waals surface area contributed by atoms with E-state index in [2.05, 4.69) is 20.6 Å². The second-order valence-corrected chi connectivity index (χ2v) is 8.53. The average molecular weight is 381 g/mol. The van der Waals surface area contributed by atoms with Crippen molar-refractivity contribution in [1.29, 1.82) is 0 Å². The molecule has 25 heavy (non-hydrogen) atoms. The maximum atomic E-state index is 12.3. The first-order valence-corrected chi connectivity index (χ1v) is 9.89. The lowest BCUT2D eigenvalue weighted by Crippen LogP contribution is -2.22. The summed E-state index contributed by atoms with van der Waals surface area (Å²) in [6.07, 6.45) is 3.31. The first-order chi connectivity index (χ1) is 11.8. The predicted molar refractivity (Wildman–Crippen MR) is 96.9 cm³/mol. The van der Waals surface area contributed by atoms with Crippen LogP contribution in [0.2, 0.25) is 5.02 Å². The molecule has 1 fully saturated rings. The minimum absolute atomic E-state index is 0.0883. The molecule has 2 N–H and O–H groups in total. The van der Waals surface area contributed by atoms with Crippen molar-refractivity contribution in [3.8, 4) is 0 Å². The lowest BCUT2D eigenvalue weighted by molar-refractivity contribution is 0.102. The molecule has 0 spiro atoms. The van der Waals surface area contributed by atoms with Gasteiger partial charge in [-0.05, 0) is 31.0 Å². The molecule has 1 atom stereocenters. The van der Waals surface area contributed by atoms with Crippen LogP contribution in [0.15, 0.2) is 30.6 Å². The van der Waals surface area contributed by atoms with E-state index in [1.54, 1.807) is 18.2 Å². The third kappa shape index (κ3) is 4.26. The molecule has 0 saturated carbocycles. The van der Waals surface area contributed by atoms with E-state index >= 15 is 0 Å². The summed E-state index contributed by atoms with van der Waals surface area (Å²) in [6, 6.07) is 5.08. The fraction of sp³-hybridized carbons (Fsp3) is 0.312. The molecule has 0 aliphatic carbocycles. The zero-order valence-corrected chi connectivity index (χ0v) is 15.1. The second kappa shape index (κ2) is 6.97. The first kappa shape index (κ1) is 17.6. The number of amides is 1. The zero-order valence-electron chi connectivity index (χ0n) is 13.5. The van der Waals surface area contributed by atoms with Crippen LogP contribution in [0.25, 0.3) is 0 Å². The van der Waals surface area contributed by atoms with E-state index in [0.717, 1.165) is 5.56 Å². The van der Waals surface area contributed by atoms with Gasteiger partial charge in [-0.15, -0.1) is 0 Å². The normalized spacial score (nSPS) is 18.7. The number of anilines is 2. The number of aromatic nitrogens is 2. The van der Waals surface area contributed by atoms with Crippen LogP contribution in [0.1, 0.15) is 22.5 Å². The third-order valence-electron chi connectivity index (χ3n) is 3.98. The molecule has 0 radical (unpaired) electrons. The van der Waals surface area contributed by atoms with Crippen LogP contribution in [-0.4, -0.2) is 41.8 Å². The van der Waals surface area contributed by atoms with Gasteiger partial charge in [0.05, 0.1) is 23.9 Å². The average Bonchev–Trinajstić information content (AvgIpc) is 2.91. The van der Waals surface area contributed by atoms with E-state index < -0.39 is 15.7 Å². The van der Waals surface area contributed by atoms with Gasteiger partial charge in [-0.2, -0.15) is 0 Å². The molecular weight excluding hydrogens is 364 g/mol. The number of carbonyl (C=O) groups excluding carboxylic acids is 1. The Hall–Kier alpha value is -2.19. The summed E-state index contributed by atoms with van der Waals surface area (Å²) in [5.74, 6) is 0.313. The molecule has 132 valence electrons. The van der Waals surface area contributed by atoms with E-state index in [1.807, 2.05) is 6.92 Å². The molecular formula is C16H17ClN4O3S. The molecule has 1 aromatic carbocycles. The smallest absolute Gasteiger partial charge is 0.275 e. The highest BCUT2D eigenvalue weighted by Crippen LogP contribution is 2.23.